The van der Waals surface area contributed by atoms with Gasteiger partial charge in [0.15, 0.2) is 0 Å². The average Bonchev–Trinajstić information content (AvgIpc) is 2.83. The van der Waals surface area contributed by atoms with Crippen LogP contribution in [0.5, 0.6) is 0 Å². The van der Waals surface area contributed by atoms with E-state index < -0.39 is 0 Å². The minimum absolute atomic E-state index is 0.145. The van der Waals surface area contributed by atoms with Crippen LogP contribution in [0.25, 0.3) is 0 Å². The van der Waals surface area contributed by atoms with Crippen LogP contribution in [0.15, 0.2) is 85.5 Å². The zero-order chi connectivity index (χ0) is 22.3. The van der Waals surface area contributed by atoms with Gasteiger partial charge in [0.25, 0.3) is 5.91 Å². The van der Waals surface area contributed by atoms with Crippen molar-refractivity contribution >= 4 is 28.9 Å². The second-order valence-electron chi connectivity index (χ2n) is 7.40. The highest BCUT2D eigenvalue weighted by atomic mass is 16.1. The van der Waals surface area contributed by atoms with E-state index in [1.165, 1.54) is 11.9 Å². The highest BCUT2D eigenvalue weighted by Crippen LogP contribution is 2.25. The summed E-state index contributed by atoms with van der Waals surface area (Å²) in [5.74, 6) is 1.26. The Balaban J connectivity index is 1.45. The summed E-state index contributed by atoms with van der Waals surface area (Å²) >= 11 is 0. The number of benzene rings is 2. The molecule has 0 saturated carbocycles. The lowest BCUT2D eigenvalue weighted by Crippen LogP contribution is -2.22. The fourth-order valence-electron chi connectivity index (χ4n) is 3.24. The molecule has 4 rings (SSSR count). The van der Waals surface area contributed by atoms with Gasteiger partial charge in [0.05, 0.1) is 0 Å². The number of hydrogen-bond donors (Lipinski definition) is 2. The second kappa shape index (κ2) is 9.70. The van der Waals surface area contributed by atoms with Crippen LogP contribution in [0.2, 0.25) is 0 Å². The third-order valence-electron chi connectivity index (χ3n) is 4.98. The van der Waals surface area contributed by atoms with Crippen molar-refractivity contribution in [2.75, 3.05) is 17.3 Å². The van der Waals surface area contributed by atoms with E-state index in [1.807, 2.05) is 54.4 Å². The summed E-state index contributed by atoms with van der Waals surface area (Å²) in [4.78, 5) is 27.3. The van der Waals surface area contributed by atoms with Gasteiger partial charge in [-0.05, 0) is 60.5 Å². The molecule has 32 heavy (non-hydrogen) atoms. The van der Waals surface area contributed by atoms with Gasteiger partial charge in [0.2, 0.25) is 0 Å². The van der Waals surface area contributed by atoms with Gasteiger partial charge >= 0.3 is 0 Å². The second-order valence-corrected chi connectivity index (χ2v) is 7.40. The molecule has 0 aliphatic carbocycles. The fourth-order valence-corrected chi connectivity index (χ4v) is 3.24. The first-order chi connectivity index (χ1) is 15.6. The molecule has 2 heterocycles. The number of anilines is 4. The topological polar surface area (TPSA) is 83.0 Å². The number of amides is 1. The molecule has 0 bridgehead atoms. The van der Waals surface area contributed by atoms with Crippen LogP contribution in [-0.2, 0) is 6.54 Å². The van der Waals surface area contributed by atoms with Crippen molar-refractivity contribution in [3.8, 4) is 0 Å². The Morgan fingerprint density at radius 2 is 1.78 bits per heavy atom. The largest absolute Gasteiger partial charge is 0.348 e. The fraction of sp³-hybridized carbons (Fsp3) is 0.120. The number of aromatic nitrogens is 3. The number of hydrogen-bond acceptors (Lipinski definition) is 6. The summed E-state index contributed by atoms with van der Waals surface area (Å²) in [5, 5.41) is 6.19. The Morgan fingerprint density at radius 1 is 0.969 bits per heavy atom. The highest BCUT2D eigenvalue weighted by molar-refractivity contribution is 5.95. The van der Waals surface area contributed by atoms with Crippen LogP contribution in [0, 0.1) is 6.92 Å². The van der Waals surface area contributed by atoms with E-state index in [2.05, 4.69) is 44.6 Å². The summed E-state index contributed by atoms with van der Waals surface area (Å²) in [6.07, 6.45) is 4.94. The number of nitrogens with one attached hydrogen (secondary N) is 2. The minimum Gasteiger partial charge on any atom is -0.348 e. The molecule has 4 aromatic rings. The SMILES string of the molecule is Cc1cccc(N(C)c2cc(Nc3cccc(C(=O)NCc4ccncc4)c3)ncn2)c1. The average molecular weight is 425 g/mol. The van der Waals surface area contributed by atoms with E-state index in [-0.39, 0.29) is 5.91 Å². The standard InChI is InChI=1S/C25H24N6O/c1-18-5-3-8-22(13-18)31(2)24-15-23(28-17-29-24)30-21-7-4-6-20(14-21)25(32)27-16-19-9-11-26-12-10-19/h3-15,17H,16H2,1-2H3,(H,27,32)(H,28,29,30). The molecule has 1 amide bonds. The van der Waals surface area contributed by atoms with Gasteiger partial charge < -0.3 is 15.5 Å². The molecule has 0 aliphatic rings. The third kappa shape index (κ3) is 5.26. The van der Waals surface area contributed by atoms with E-state index in [4.69, 9.17) is 0 Å². The maximum Gasteiger partial charge on any atom is 0.251 e. The van der Waals surface area contributed by atoms with Crippen molar-refractivity contribution in [2.24, 2.45) is 0 Å². The molecule has 2 aromatic carbocycles. The van der Waals surface area contributed by atoms with Crippen molar-refractivity contribution in [1.29, 1.82) is 0 Å². The molecule has 7 nitrogen and oxygen atoms in total. The minimum atomic E-state index is -0.145. The van der Waals surface area contributed by atoms with E-state index in [1.54, 1.807) is 24.5 Å². The Morgan fingerprint density at radius 3 is 2.59 bits per heavy atom. The van der Waals surface area contributed by atoms with Gasteiger partial charge in [-0.2, -0.15) is 0 Å². The van der Waals surface area contributed by atoms with Crippen LogP contribution in [0.4, 0.5) is 23.0 Å². The van der Waals surface area contributed by atoms with Crippen LogP contribution in [0.1, 0.15) is 21.5 Å². The van der Waals surface area contributed by atoms with Crippen molar-refractivity contribution in [3.05, 3.63) is 102 Å². The maximum atomic E-state index is 12.6. The van der Waals surface area contributed by atoms with E-state index >= 15 is 0 Å². The summed E-state index contributed by atoms with van der Waals surface area (Å²) in [6.45, 7) is 2.50. The summed E-state index contributed by atoms with van der Waals surface area (Å²) in [7, 11) is 1.97. The molecule has 0 saturated heterocycles. The Bertz CT molecular complexity index is 1210. The van der Waals surface area contributed by atoms with Crippen molar-refractivity contribution in [2.45, 2.75) is 13.5 Å². The molecule has 0 spiro atoms. The van der Waals surface area contributed by atoms with Crippen LogP contribution < -0.4 is 15.5 Å². The lowest BCUT2D eigenvalue weighted by Gasteiger charge is -2.19. The van der Waals surface area contributed by atoms with Gasteiger partial charge in [0, 0.05) is 49.0 Å². The Labute approximate surface area is 187 Å². The van der Waals surface area contributed by atoms with Gasteiger partial charge in [-0.1, -0.05) is 18.2 Å². The van der Waals surface area contributed by atoms with Crippen LogP contribution in [0.3, 0.4) is 0 Å². The predicted octanol–water partition coefficient (Wildman–Crippen LogP) is 4.62. The predicted molar refractivity (Wildman–Crippen MR) is 126 cm³/mol. The van der Waals surface area contributed by atoms with E-state index in [9.17, 15) is 4.79 Å². The monoisotopic (exact) mass is 424 g/mol. The van der Waals surface area contributed by atoms with Crippen molar-refractivity contribution in [3.63, 3.8) is 0 Å². The highest BCUT2D eigenvalue weighted by Gasteiger charge is 2.09. The number of nitrogens with zero attached hydrogens (tertiary/aromatic N) is 4. The van der Waals surface area contributed by atoms with Crippen LogP contribution >= 0.6 is 0 Å². The lowest BCUT2D eigenvalue weighted by molar-refractivity contribution is 0.0951. The Hall–Kier alpha value is -4.26. The molecule has 0 radical (unpaired) electrons. The summed E-state index contributed by atoms with van der Waals surface area (Å²) in [5.41, 5.74) is 4.55. The van der Waals surface area contributed by atoms with Gasteiger partial charge in [0.1, 0.15) is 18.0 Å². The maximum absolute atomic E-state index is 12.6. The van der Waals surface area contributed by atoms with Crippen molar-refractivity contribution in [1.82, 2.24) is 20.3 Å². The summed E-state index contributed by atoms with van der Waals surface area (Å²) < 4.78 is 0. The Kier molecular flexibility index (Phi) is 6.36. The molecule has 7 heteroatoms. The molecule has 2 N–H and O–H groups in total. The number of rotatable bonds is 7. The molecule has 0 atom stereocenters. The molecule has 160 valence electrons. The van der Waals surface area contributed by atoms with Gasteiger partial charge in [-0.3, -0.25) is 9.78 Å². The first kappa shape index (κ1) is 21.0. The smallest absolute Gasteiger partial charge is 0.251 e. The number of carbonyl (C=O) groups is 1. The van der Waals surface area contributed by atoms with Crippen LogP contribution in [-0.4, -0.2) is 27.9 Å². The molecular formula is C25H24N6O. The van der Waals surface area contributed by atoms with Crippen molar-refractivity contribution < 1.29 is 4.79 Å². The first-order valence-electron chi connectivity index (χ1n) is 10.2. The third-order valence-corrected chi connectivity index (χ3v) is 4.98. The first-order valence-corrected chi connectivity index (χ1v) is 10.2. The summed E-state index contributed by atoms with van der Waals surface area (Å²) in [6, 6.07) is 21.2. The zero-order valence-corrected chi connectivity index (χ0v) is 18.0. The molecule has 0 unspecified atom stereocenters. The molecule has 2 aromatic heterocycles. The lowest BCUT2D eigenvalue weighted by atomic mass is 10.1. The molecular weight excluding hydrogens is 400 g/mol. The zero-order valence-electron chi connectivity index (χ0n) is 18.0. The van der Waals surface area contributed by atoms with Gasteiger partial charge in [-0.25, -0.2) is 9.97 Å². The van der Waals surface area contributed by atoms with E-state index in [0.717, 1.165) is 22.8 Å². The number of pyridine rings is 1. The quantitative estimate of drug-likeness (QED) is 0.450. The normalized spacial score (nSPS) is 10.4. The van der Waals surface area contributed by atoms with E-state index in [0.29, 0.717) is 17.9 Å². The molecule has 0 fully saturated rings. The van der Waals surface area contributed by atoms with Gasteiger partial charge in [-0.15, -0.1) is 0 Å². The molecule has 0 aliphatic heterocycles. The number of aryl methyl sites for hydroxylation is 1. The number of carbonyl (C=O) groups excluding carboxylic acids is 1.